The van der Waals surface area contributed by atoms with E-state index in [1.165, 1.54) is 19.3 Å². The normalized spacial score (nSPS) is 31.5. The monoisotopic (exact) mass is 329 g/mol. The van der Waals surface area contributed by atoms with Crippen LogP contribution in [-0.2, 0) is 4.79 Å². The summed E-state index contributed by atoms with van der Waals surface area (Å²) in [5.74, 6) is 1.82. The number of aromatic nitrogens is 2. The standard InChI is InChI=1S/C18H27N5O/c1-22-6-8-23(9-7-22)18-19-11-14(12-20-18)16-10-13-4-2-3-5-15(13)17(24)21-16/h11-13,15-16H,2-10H2,1H3,(H,21,24). The van der Waals surface area contributed by atoms with Gasteiger partial charge in [0.2, 0.25) is 11.9 Å². The predicted molar refractivity (Wildman–Crippen MR) is 92.7 cm³/mol. The summed E-state index contributed by atoms with van der Waals surface area (Å²) in [7, 11) is 2.14. The predicted octanol–water partition coefficient (Wildman–Crippen LogP) is 1.60. The lowest BCUT2D eigenvalue weighted by Crippen LogP contribution is -2.46. The Hall–Kier alpha value is -1.69. The number of nitrogens with one attached hydrogen (secondary N) is 1. The molecule has 1 aromatic rings. The largest absolute Gasteiger partial charge is 0.349 e. The number of amides is 1. The molecule has 3 atom stereocenters. The van der Waals surface area contributed by atoms with Crippen molar-refractivity contribution in [1.29, 1.82) is 0 Å². The smallest absolute Gasteiger partial charge is 0.225 e. The lowest BCUT2D eigenvalue weighted by molar-refractivity contribution is -0.131. The molecule has 0 aromatic carbocycles. The summed E-state index contributed by atoms with van der Waals surface area (Å²) in [6.07, 6.45) is 9.57. The van der Waals surface area contributed by atoms with E-state index in [1.54, 1.807) is 0 Å². The van der Waals surface area contributed by atoms with Crippen LogP contribution in [0.3, 0.4) is 0 Å². The highest BCUT2D eigenvalue weighted by Gasteiger charge is 2.38. The van der Waals surface area contributed by atoms with Crippen molar-refractivity contribution >= 4 is 11.9 Å². The highest BCUT2D eigenvalue weighted by atomic mass is 16.2. The fraction of sp³-hybridized carbons (Fsp3) is 0.722. The summed E-state index contributed by atoms with van der Waals surface area (Å²) >= 11 is 0. The Morgan fingerprint density at radius 3 is 2.54 bits per heavy atom. The van der Waals surface area contributed by atoms with Crippen LogP contribution in [0.4, 0.5) is 5.95 Å². The molecule has 1 amide bonds. The Balaban J connectivity index is 1.44. The molecule has 3 aliphatic rings. The van der Waals surface area contributed by atoms with Gasteiger partial charge >= 0.3 is 0 Å². The third kappa shape index (κ3) is 3.11. The number of hydrogen-bond acceptors (Lipinski definition) is 5. The molecule has 1 aromatic heterocycles. The first-order valence-corrected chi connectivity index (χ1v) is 9.26. The van der Waals surface area contributed by atoms with Crippen LogP contribution < -0.4 is 10.2 Å². The first kappa shape index (κ1) is 15.8. The lowest BCUT2D eigenvalue weighted by Gasteiger charge is -2.39. The van der Waals surface area contributed by atoms with Gasteiger partial charge in [0.1, 0.15) is 0 Å². The number of rotatable bonds is 2. The highest BCUT2D eigenvalue weighted by Crippen LogP contribution is 2.39. The maximum atomic E-state index is 12.4. The molecule has 1 N–H and O–H groups in total. The molecule has 130 valence electrons. The fourth-order valence-corrected chi connectivity index (χ4v) is 4.38. The number of hydrogen-bond donors (Lipinski definition) is 1. The Morgan fingerprint density at radius 2 is 1.79 bits per heavy atom. The van der Waals surface area contributed by atoms with E-state index >= 15 is 0 Å². The van der Waals surface area contributed by atoms with Gasteiger partial charge < -0.3 is 15.1 Å². The van der Waals surface area contributed by atoms with Crippen molar-refractivity contribution in [2.75, 3.05) is 38.1 Å². The van der Waals surface area contributed by atoms with Crippen LogP contribution in [0, 0.1) is 11.8 Å². The van der Waals surface area contributed by atoms with Gasteiger partial charge in [0.15, 0.2) is 0 Å². The minimum absolute atomic E-state index is 0.0818. The molecule has 2 saturated heterocycles. The summed E-state index contributed by atoms with van der Waals surface area (Å²) in [5, 5.41) is 3.20. The third-order valence-electron chi connectivity index (χ3n) is 5.95. The number of likely N-dealkylation sites (N-methyl/N-ethyl adjacent to an activating group) is 1. The summed E-state index contributed by atoms with van der Waals surface area (Å²) in [4.78, 5) is 26.1. The van der Waals surface area contributed by atoms with E-state index in [0.29, 0.717) is 5.92 Å². The Kier molecular flexibility index (Phi) is 4.39. The lowest BCUT2D eigenvalue weighted by atomic mass is 9.72. The van der Waals surface area contributed by atoms with E-state index in [0.717, 1.165) is 50.5 Å². The Labute approximate surface area is 143 Å². The molecule has 2 aliphatic heterocycles. The zero-order chi connectivity index (χ0) is 16.5. The molecule has 0 spiro atoms. The number of fused-ring (bicyclic) bond motifs is 1. The maximum absolute atomic E-state index is 12.4. The van der Waals surface area contributed by atoms with Crippen LogP contribution in [0.25, 0.3) is 0 Å². The topological polar surface area (TPSA) is 61.4 Å². The fourth-order valence-electron chi connectivity index (χ4n) is 4.38. The van der Waals surface area contributed by atoms with Gasteiger partial charge in [-0.1, -0.05) is 12.8 Å². The molecule has 1 aliphatic carbocycles. The zero-order valence-electron chi connectivity index (χ0n) is 14.4. The van der Waals surface area contributed by atoms with Crippen LogP contribution in [0.5, 0.6) is 0 Å². The number of piperazine rings is 1. The molecule has 1 saturated carbocycles. The number of carbonyl (C=O) groups is 1. The molecule has 3 fully saturated rings. The number of piperidine rings is 1. The van der Waals surface area contributed by atoms with Gasteiger partial charge in [-0.15, -0.1) is 0 Å². The molecule has 3 heterocycles. The summed E-state index contributed by atoms with van der Waals surface area (Å²) in [5.41, 5.74) is 1.05. The van der Waals surface area contributed by atoms with Crippen molar-refractivity contribution in [2.45, 2.75) is 38.1 Å². The highest BCUT2D eigenvalue weighted by molar-refractivity contribution is 5.80. The van der Waals surface area contributed by atoms with Crippen LogP contribution in [0.1, 0.15) is 43.7 Å². The summed E-state index contributed by atoms with van der Waals surface area (Å²) in [6.45, 7) is 4.04. The van der Waals surface area contributed by atoms with Crippen LogP contribution in [-0.4, -0.2) is 54.0 Å². The van der Waals surface area contributed by atoms with Gasteiger partial charge in [0.05, 0.1) is 6.04 Å². The summed E-state index contributed by atoms with van der Waals surface area (Å²) in [6, 6.07) is 0.0818. The second-order valence-electron chi connectivity index (χ2n) is 7.55. The first-order valence-electron chi connectivity index (χ1n) is 9.26. The maximum Gasteiger partial charge on any atom is 0.225 e. The van der Waals surface area contributed by atoms with Gasteiger partial charge in [0.25, 0.3) is 0 Å². The van der Waals surface area contributed by atoms with Gasteiger partial charge in [-0.2, -0.15) is 0 Å². The van der Waals surface area contributed by atoms with Crippen LogP contribution in [0.2, 0.25) is 0 Å². The molecule has 6 heteroatoms. The minimum atomic E-state index is 0.0818. The van der Waals surface area contributed by atoms with Gasteiger partial charge in [-0.05, 0) is 32.2 Å². The van der Waals surface area contributed by atoms with E-state index < -0.39 is 0 Å². The second kappa shape index (κ2) is 6.67. The van der Waals surface area contributed by atoms with Crippen molar-refractivity contribution in [3.05, 3.63) is 18.0 Å². The van der Waals surface area contributed by atoms with Gasteiger partial charge in [0, 0.05) is 50.1 Å². The quantitative estimate of drug-likeness (QED) is 0.893. The molecule has 4 rings (SSSR count). The van der Waals surface area contributed by atoms with E-state index in [4.69, 9.17) is 0 Å². The second-order valence-corrected chi connectivity index (χ2v) is 7.55. The molecule has 3 unspecified atom stereocenters. The van der Waals surface area contributed by atoms with Crippen molar-refractivity contribution in [2.24, 2.45) is 11.8 Å². The van der Waals surface area contributed by atoms with Crippen LogP contribution in [0.15, 0.2) is 12.4 Å². The zero-order valence-corrected chi connectivity index (χ0v) is 14.4. The number of nitrogens with zero attached hydrogens (tertiary/aromatic N) is 4. The molecule has 24 heavy (non-hydrogen) atoms. The Morgan fingerprint density at radius 1 is 1.08 bits per heavy atom. The summed E-state index contributed by atoms with van der Waals surface area (Å²) < 4.78 is 0. The van der Waals surface area contributed by atoms with Crippen molar-refractivity contribution in [3.8, 4) is 0 Å². The van der Waals surface area contributed by atoms with Gasteiger partial charge in [-0.25, -0.2) is 9.97 Å². The number of carbonyl (C=O) groups excluding carboxylic acids is 1. The van der Waals surface area contributed by atoms with Crippen molar-refractivity contribution < 1.29 is 4.79 Å². The minimum Gasteiger partial charge on any atom is -0.349 e. The molecular formula is C18H27N5O. The SMILES string of the molecule is CN1CCN(c2ncc(C3CC4CCCCC4C(=O)N3)cn2)CC1. The Bertz CT molecular complexity index is 582. The van der Waals surface area contributed by atoms with E-state index in [-0.39, 0.29) is 17.9 Å². The van der Waals surface area contributed by atoms with Crippen molar-refractivity contribution in [3.63, 3.8) is 0 Å². The first-order chi connectivity index (χ1) is 11.7. The number of anilines is 1. The molecule has 6 nitrogen and oxygen atoms in total. The van der Waals surface area contributed by atoms with Crippen molar-refractivity contribution in [1.82, 2.24) is 20.2 Å². The third-order valence-corrected chi connectivity index (χ3v) is 5.95. The average Bonchev–Trinajstić information content (AvgIpc) is 2.62. The molecule has 0 radical (unpaired) electrons. The van der Waals surface area contributed by atoms with Gasteiger partial charge in [-0.3, -0.25) is 4.79 Å². The van der Waals surface area contributed by atoms with E-state index in [2.05, 4.69) is 32.1 Å². The average molecular weight is 329 g/mol. The molecule has 0 bridgehead atoms. The van der Waals surface area contributed by atoms with E-state index in [1.807, 2.05) is 12.4 Å². The van der Waals surface area contributed by atoms with Crippen LogP contribution >= 0.6 is 0 Å². The molecular weight excluding hydrogens is 302 g/mol. The van der Waals surface area contributed by atoms with E-state index in [9.17, 15) is 4.79 Å².